The highest BCUT2D eigenvalue weighted by atomic mass is 16.2. The number of para-hydroxylation sites is 1. The van der Waals surface area contributed by atoms with Crippen molar-refractivity contribution in [3.8, 4) is 0 Å². The summed E-state index contributed by atoms with van der Waals surface area (Å²) in [6.45, 7) is 4.12. The van der Waals surface area contributed by atoms with Crippen LogP contribution >= 0.6 is 0 Å². The van der Waals surface area contributed by atoms with E-state index < -0.39 is 0 Å². The SMILES string of the molecule is O=C(CNCCc1c[nH]c2ccccc12)N1CCN(c2ncccn2)CC1. The third-order valence-electron chi connectivity index (χ3n) is 4.99. The lowest BCUT2D eigenvalue weighted by Crippen LogP contribution is -2.51. The maximum atomic E-state index is 12.4. The van der Waals surface area contributed by atoms with Gasteiger partial charge in [-0.3, -0.25) is 4.79 Å². The van der Waals surface area contributed by atoms with E-state index in [2.05, 4.69) is 49.6 Å². The summed E-state index contributed by atoms with van der Waals surface area (Å²) in [6, 6.07) is 10.1. The van der Waals surface area contributed by atoms with E-state index in [0.717, 1.165) is 37.5 Å². The number of carbonyl (C=O) groups is 1. The van der Waals surface area contributed by atoms with Gasteiger partial charge in [0.1, 0.15) is 0 Å². The standard InChI is InChI=1S/C20H24N6O/c27-19(25-10-12-26(13-11-25)20-22-7-3-8-23-20)15-21-9-6-16-14-24-18-5-2-1-4-17(16)18/h1-5,7-8,14,21,24H,6,9-13,15H2. The lowest BCUT2D eigenvalue weighted by atomic mass is 10.1. The molecule has 0 bridgehead atoms. The molecule has 4 rings (SSSR count). The summed E-state index contributed by atoms with van der Waals surface area (Å²) in [5, 5.41) is 4.54. The van der Waals surface area contributed by atoms with Crippen molar-refractivity contribution >= 4 is 22.8 Å². The fourth-order valence-corrected chi connectivity index (χ4v) is 3.48. The van der Waals surface area contributed by atoms with Crippen LogP contribution in [0.1, 0.15) is 5.56 Å². The first-order chi connectivity index (χ1) is 13.3. The summed E-state index contributed by atoms with van der Waals surface area (Å²) in [5.41, 5.74) is 2.44. The van der Waals surface area contributed by atoms with E-state index in [0.29, 0.717) is 19.6 Å². The van der Waals surface area contributed by atoms with E-state index in [-0.39, 0.29) is 5.91 Å². The molecule has 1 aliphatic rings. The van der Waals surface area contributed by atoms with Gasteiger partial charge in [-0.2, -0.15) is 0 Å². The number of anilines is 1. The molecule has 1 aliphatic heterocycles. The van der Waals surface area contributed by atoms with E-state index in [4.69, 9.17) is 0 Å². The normalized spacial score (nSPS) is 14.7. The second-order valence-corrected chi connectivity index (χ2v) is 6.70. The topological polar surface area (TPSA) is 77.2 Å². The number of amides is 1. The number of hydrogen-bond donors (Lipinski definition) is 2. The Kier molecular flexibility index (Phi) is 5.29. The summed E-state index contributed by atoms with van der Waals surface area (Å²) < 4.78 is 0. The number of nitrogens with zero attached hydrogens (tertiary/aromatic N) is 4. The molecule has 2 N–H and O–H groups in total. The highest BCUT2D eigenvalue weighted by molar-refractivity contribution is 5.83. The molecule has 27 heavy (non-hydrogen) atoms. The van der Waals surface area contributed by atoms with Gasteiger partial charge in [0.05, 0.1) is 6.54 Å². The number of rotatable bonds is 6. The molecular formula is C20H24N6O. The zero-order valence-corrected chi connectivity index (χ0v) is 15.3. The smallest absolute Gasteiger partial charge is 0.236 e. The maximum Gasteiger partial charge on any atom is 0.236 e. The first kappa shape index (κ1) is 17.5. The minimum absolute atomic E-state index is 0.155. The Morgan fingerprint density at radius 3 is 2.67 bits per heavy atom. The molecule has 1 saturated heterocycles. The molecule has 140 valence electrons. The minimum Gasteiger partial charge on any atom is -0.361 e. The monoisotopic (exact) mass is 364 g/mol. The van der Waals surface area contributed by atoms with Gasteiger partial charge in [0.2, 0.25) is 11.9 Å². The summed E-state index contributed by atoms with van der Waals surface area (Å²) in [6.07, 6.45) is 6.45. The Balaban J connectivity index is 1.20. The largest absolute Gasteiger partial charge is 0.361 e. The second-order valence-electron chi connectivity index (χ2n) is 6.70. The molecular weight excluding hydrogens is 340 g/mol. The molecule has 7 nitrogen and oxygen atoms in total. The first-order valence-corrected chi connectivity index (χ1v) is 9.37. The Labute approximate surface area is 158 Å². The van der Waals surface area contributed by atoms with Crippen molar-refractivity contribution in [3.63, 3.8) is 0 Å². The summed E-state index contributed by atoms with van der Waals surface area (Å²) >= 11 is 0. The highest BCUT2D eigenvalue weighted by Crippen LogP contribution is 2.17. The van der Waals surface area contributed by atoms with Crippen LogP contribution in [0.15, 0.2) is 48.9 Å². The average Bonchev–Trinajstić information content (AvgIpc) is 3.15. The summed E-state index contributed by atoms with van der Waals surface area (Å²) in [7, 11) is 0. The van der Waals surface area contributed by atoms with E-state index in [1.807, 2.05) is 17.0 Å². The van der Waals surface area contributed by atoms with Gasteiger partial charge < -0.3 is 20.1 Å². The van der Waals surface area contributed by atoms with E-state index in [1.165, 1.54) is 10.9 Å². The maximum absolute atomic E-state index is 12.4. The van der Waals surface area contributed by atoms with Crippen molar-refractivity contribution in [2.45, 2.75) is 6.42 Å². The summed E-state index contributed by atoms with van der Waals surface area (Å²) in [5.74, 6) is 0.893. The Morgan fingerprint density at radius 2 is 1.85 bits per heavy atom. The first-order valence-electron chi connectivity index (χ1n) is 9.37. The highest BCUT2D eigenvalue weighted by Gasteiger charge is 2.21. The average molecular weight is 364 g/mol. The van der Waals surface area contributed by atoms with E-state index in [1.54, 1.807) is 12.4 Å². The number of hydrogen-bond acceptors (Lipinski definition) is 5. The van der Waals surface area contributed by atoms with Crippen molar-refractivity contribution in [2.24, 2.45) is 0 Å². The fraction of sp³-hybridized carbons (Fsp3) is 0.350. The fourth-order valence-electron chi connectivity index (χ4n) is 3.48. The third kappa shape index (κ3) is 4.09. The molecule has 0 atom stereocenters. The number of piperazine rings is 1. The Morgan fingerprint density at radius 1 is 1.07 bits per heavy atom. The van der Waals surface area contributed by atoms with Crippen molar-refractivity contribution in [1.29, 1.82) is 0 Å². The lowest BCUT2D eigenvalue weighted by molar-refractivity contribution is -0.130. The van der Waals surface area contributed by atoms with Gasteiger partial charge in [-0.1, -0.05) is 18.2 Å². The van der Waals surface area contributed by atoms with Crippen LogP contribution in [-0.2, 0) is 11.2 Å². The summed E-state index contributed by atoms with van der Waals surface area (Å²) in [4.78, 5) is 28.3. The molecule has 1 aromatic carbocycles. The molecule has 0 unspecified atom stereocenters. The predicted octanol–water partition coefficient (Wildman–Crippen LogP) is 1.44. The van der Waals surface area contributed by atoms with Crippen molar-refractivity contribution in [1.82, 2.24) is 25.2 Å². The molecule has 7 heteroatoms. The molecule has 0 saturated carbocycles. The van der Waals surface area contributed by atoms with Crippen LogP contribution in [0.4, 0.5) is 5.95 Å². The molecule has 0 spiro atoms. The van der Waals surface area contributed by atoms with Gasteiger partial charge in [-0.25, -0.2) is 9.97 Å². The van der Waals surface area contributed by atoms with Crippen LogP contribution < -0.4 is 10.2 Å². The molecule has 3 aromatic rings. The number of nitrogens with one attached hydrogen (secondary N) is 2. The number of carbonyl (C=O) groups excluding carboxylic acids is 1. The van der Waals surface area contributed by atoms with Crippen LogP contribution in [-0.4, -0.2) is 65.0 Å². The molecule has 0 radical (unpaired) electrons. The van der Waals surface area contributed by atoms with E-state index >= 15 is 0 Å². The zero-order chi connectivity index (χ0) is 18.5. The van der Waals surface area contributed by atoms with Gasteiger partial charge in [0, 0.05) is 55.7 Å². The van der Waals surface area contributed by atoms with Crippen LogP contribution in [0.2, 0.25) is 0 Å². The van der Waals surface area contributed by atoms with Gasteiger partial charge in [-0.15, -0.1) is 0 Å². The predicted molar refractivity (Wildman–Crippen MR) is 106 cm³/mol. The second kappa shape index (κ2) is 8.18. The van der Waals surface area contributed by atoms with Crippen LogP contribution in [0.25, 0.3) is 10.9 Å². The number of H-pyrrole nitrogens is 1. The molecule has 3 heterocycles. The van der Waals surface area contributed by atoms with Crippen molar-refractivity contribution in [3.05, 3.63) is 54.5 Å². The van der Waals surface area contributed by atoms with Crippen LogP contribution in [0.5, 0.6) is 0 Å². The number of aromatic nitrogens is 3. The van der Waals surface area contributed by atoms with Gasteiger partial charge in [0.25, 0.3) is 0 Å². The van der Waals surface area contributed by atoms with Gasteiger partial charge >= 0.3 is 0 Å². The van der Waals surface area contributed by atoms with Gasteiger partial charge in [0.15, 0.2) is 0 Å². The van der Waals surface area contributed by atoms with Crippen LogP contribution in [0, 0.1) is 0 Å². The third-order valence-corrected chi connectivity index (χ3v) is 4.99. The quantitative estimate of drug-likeness (QED) is 0.647. The number of fused-ring (bicyclic) bond motifs is 1. The Hall–Kier alpha value is -2.93. The van der Waals surface area contributed by atoms with Crippen molar-refractivity contribution in [2.75, 3.05) is 44.2 Å². The molecule has 2 aromatic heterocycles. The molecule has 1 amide bonds. The van der Waals surface area contributed by atoms with Crippen molar-refractivity contribution < 1.29 is 4.79 Å². The minimum atomic E-state index is 0.155. The molecule has 0 aliphatic carbocycles. The zero-order valence-electron chi connectivity index (χ0n) is 15.3. The van der Waals surface area contributed by atoms with E-state index in [9.17, 15) is 4.79 Å². The lowest BCUT2D eigenvalue weighted by Gasteiger charge is -2.34. The van der Waals surface area contributed by atoms with Crippen LogP contribution in [0.3, 0.4) is 0 Å². The Bertz CT molecular complexity index is 886. The number of aromatic amines is 1. The molecule has 1 fully saturated rings. The number of benzene rings is 1. The van der Waals surface area contributed by atoms with Gasteiger partial charge in [-0.05, 0) is 30.7 Å².